The van der Waals surface area contributed by atoms with Crippen molar-refractivity contribution in [1.82, 2.24) is 20.1 Å². The summed E-state index contributed by atoms with van der Waals surface area (Å²) < 4.78 is 6.16. The van der Waals surface area contributed by atoms with Crippen LogP contribution in [0.15, 0.2) is 36.5 Å². The van der Waals surface area contributed by atoms with Crippen molar-refractivity contribution >= 4 is 11.8 Å². The molecule has 1 aliphatic rings. The molecule has 3 rings (SSSR count). The Bertz CT molecular complexity index is 978. The molecule has 0 aliphatic carbocycles. The standard InChI is InChI=1S/C24H32N4O4/c1-15-13-28(16(2)14-29)24(31)20-10-19(11-26-22(20)32-21(15)12-25-3)17-7-6-8-18(9-17)23(30)27(4)5/h6-11,15-16,21,25,29H,12-14H2,1-5H3/t15-,16+,21-/m1/s1. The molecule has 0 bridgehead atoms. The maximum atomic E-state index is 13.5. The van der Waals surface area contributed by atoms with E-state index in [4.69, 9.17) is 4.74 Å². The number of aliphatic hydroxyl groups excluding tert-OH is 1. The number of benzene rings is 1. The van der Waals surface area contributed by atoms with Crippen LogP contribution in [-0.4, -0.2) is 84.7 Å². The highest BCUT2D eigenvalue weighted by Crippen LogP contribution is 2.30. The fourth-order valence-electron chi connectivity index (χ4n) is 3.79. The van der Waals surface area contributed by atoms with Crippen LogP contribution in [0.2, 0.25) is 0 Å². The number of nitrogens with zero attached hydrogens (tertiary/aromatic N) is 3. The molecule has 32 heavy (non-hydrogen) atoms. The van der Waals surface area contributed by atoms with Gasteiger partial charge in [0.25, 0.3) is 11.8 Å². The molecule has 2 N–H and O–H groups in total. The van der Waals surface area contributed by atoms with Gasteiger partial charge in [-0.25, -0.2) is 4.98 Å². The number of hydrogen-bond donors (Lipinski definition) is 2. The molecular weight excluding hydrogens is 408 g/mol. The first kappa shape index (κ1) is 23.7. The quantitative estimate of drug-likeness (QED) is 0.712. The third kappa shape index (κ3) is 4.92. The highest BCUT2D eigenvalue weighted by molar-refractivity contribution is 5.98. The maximum absolute atomic E-state index is 13.5. The minimum Gasteiger partial charge on any atom is -0.472 e. The van der Waals surface area contributed by atoms with E-state index in [9.17, 15) is 14.7 Å². The Balaban J connectivity index is 2.07. The molecular formula is C24H32N4O4. The van der Waals surface area contributed by atoms with Crippen LogP contribution in [0.3, 0.4) is 0 Å². The first-order valence-electron chi connectivity index (χ1n) is 10.8. The number of carbonyl (C=O) groups excluding carboxylic acids is 2. The van der Waals surface area contributed by atoms with Crippen LogP contribution in [0, 0.1) is 5.92 Å². The van der Waals surface area contributed by atoms with Gasteiger partial charge in [0.15, 0.2) is 0 Å². The predicted octanol–water partition coefficient (Wildman–Crippen LogP) is 1.89. The Hall–Kier alpha value is -2.97. The van der Waals surface area contributed by atoms with Gasteiger partial charge in [-0.15, -0.1) is 0 Å². The van der Waals surface area contributed by atoms with Crippen LogP contribution >= 0.6 is 0 Å². The summed E-state index contributed by atoms with van der Waals surface area (Å²) in [6.07, 6.45) is 1.48. The average Bonchev–Trinajstić information content (AvgIpc) is 2.80. The third-order valence-electron chi connectivity index (χ3n) is 5.78. The van der Waals surface area contributed by atoms with Gasteiger partial charge in [0.05, 0.1) is 12.6 Å². The number of amides is 2. The number of aromatic nitrogens is 1. The second-order valence-electron chi connectivity index (χ2n) is 8.54. The molecule has 0 unspecified atom stereocenters. The van der Waals surface area contributed by atoms with E-state index in [1.807, 2.05) is 33.0 Å². The van der Waals surface area contributed by atoms with Crippen LogP contribution in [0.25, 0.3) is 11.1 Å². The van der Waals surface area contributed by atoms with Gasteiger partial charge >= 0.3 is 0 Å². The van der Waals surface area contributed by atoms with Gasteiger partial charge in [-0.1, -0.05) is 19.1 Å². The average molecular weight is 441 g/mol. The molecule has 0 saturated heterocycles. The molecule has 1 aromatic heterocycles. The minimum atomic E-state index is -0.337. The number of ether oxygens (including phenoxy) is 1. The van der Waals surface area contributed by atoms with Gasteiger partial charge in [0, 0.05) is 50.4 Å². The molecule has 0 spiro atoms. The van der Waals surface area contributed by atoms with Crippen LogP contribution in [0.4, 0.5) is 0 Å². The fourth-order valence-corrected chi connectivity index (χ4v) is 3.79. The summed E-state index contributed by atoms with van der Waals surface area (Å²) in [5.74, 6) is -0.00606. The Morgan fingerprint density at radius 2 is 2.09 bits per heavy atom. The Morgan fingerprint density at radius 1 is 1.34 bits per heavy atom. The topological polar surface area (TPSA) is 95.0 Å². The summed E-state index contributed by atoms with van der Waals surface area (Å²) >= 11 is 0. The number of fused-ring (bicyclic) bond motifs is 1. The molecule has 2 aromatic rings. The summed E-state index contributed by atoms with van der Waals surface area (Å²) in [5, 5.41) is 12.9. The van der Waals surface area contributed by atoms with Gasteiger partial charge in [-0.2, -0.15) is 0 Å². The van der Waals surface area contributed by atoms with E-state index in [2.05, 4.69) is 10.3 Å². The predicted molar refractivity (Wildman–Crippen MR) is 123 cm³/mol. The van der Waals surface area contributed by atoms with E-state index in [1.165, 1.54) is 4.90 Å². The van der Waals surface area contributed by atoms with Crippen LogP contribution in [0.1, 0.15) is 34.6 Å². The molecule has 8 heteroatoms. The summed E-state index contributed by atoms with van der Waals surface area (Å²) in [4.78, 5) is 33.5. The van der Waals surface area contributed by atoms with Crippen LogP contribution in [-0.2, 0) is 0 Å². The zero-order valence-electron chi connectivity index (χ0n) is 19.3. The maximum Gasteiger partial charge on any atom is 0.259 e. The van der Waals surface area contributed by atoms with Crippen molar-refractivity contribution in [3.8, 4) is 17.0 Å². The molecule has 8 nitrogen and oxygen atoms in total. The van der Waals surface area contributed by atoms with Crippen molar-refractivity contribution in [2.75, 3.05) is 40.8 Å². The first-order chi connectivity index (χ1) is 15.3. The number of hydrogen-bond acceptors (Lipinski definition) is 6. The zero-order chi connectivity index (χ0) is 23.4. The lowest BCUT2D eigenvalue weighted by atomic mass is 9.99. The number of pyridine rings is 1. The van der Waals surface area contributed by atoms with Crippen LogP contribution < -0.4 is 10.1 Å². The number of carbonyl (C=O) groups is 2. The number of rotatable bonds is 6. The second-order valence-corrected chi connectivity index (χ2v) is 8.54. The van der Waals surface area contributed by atoms with E-state index < -0.39 is 0 Å². The Morgan fingerprint density at radius 3 is 2.75 bits per heavy atom. The van der Waals surface area contributed by atoms with E-state index >= 15 is 0 Å². The molecule has 1 aromatic carbocycles. The molecule has 0 radical (unpaired) electrons. The number of likely N-dealkylation sites (N-methyl/N-ethyl adjacent to an activating group) is 1. The summed E-state index contributed by atoms with van der Waals surface area (Å²) in [6.45, 7) is 4.79. The molecule has 0 fully saturated rings. The lowest BCUT2D eigenvalue weighted by Crippen LogP contribution is -2.49. The third-order valence-corrected chi connectivity index (χ3v) is 5.78. The van der Waals surface area contributed by atoms with E-state index in [0.717, 1.165) is 5.56 Å². The van der Waals surface area contributed by atoms with Gasteiger partial charge in [0.2, 0.25) is 5.88 Å². The minimum absolute atomic E-state index is 0.0451. The smallest absolute Gasteiger partial charge is 0.259 e. The number of aliphatic hydroxyl groups is 1. The lowest BCUT2D eigenvalue weighted by molar-refractivity contribution is 0.0404. The summed E-state index contributed by atoms with van der Waals surface area (Å²) in [7, 11) is 5.27. The van der Waals surface area contributed by atoms with E-state index in [0.29, 0.717) is 29.8 Å². The van der Waals surface area contributed by atoms with Gasteiger partial charge in [-0.3, -0.25) is 9.59 Å². The molecule has 2 amide bonds. The zero-order valence-corrected chi connectivity index (χ0v) is 19.3. The first-order valence-corrected chi connectivity index (χ1v) is 10.8. The Labute approximate surface area is 189 Å². The second kappa shape index (κ2) is 10.1. The number of nitrogens with one attached hydrogen (secondary N) is 1. The van der Waals surface area contributed by atoms with Gasteiger partial charge in [0.1, 0.15) is 11.7 Å². The highest BCUT2D eigenvalue weighted by atomic mass is 16.5. The lowest BCUT2D eigenvalue weighted by Gasteiger charge is -2.36. The van der Waals surface area contributed by atoms with Gasteiger partial charge < -0.3 is 25.0 Å². The SMILES string of the molecule is CNC[C@H]1Oc2ncc(-c3cccc(C(=O)N(C)C)c3)cc2C(=O)N([C@@H](C)CO)C[C@H]1C. The van der Waals surface area contributed by atoms with Gasteiger partial charge in [-0.05, 0) is 37.7 Å². The largest absolute Gasteiger partial charge is 0.472 e. The summed E-state index contributed by atoms with van der Waals surface area (Å²) in [6, 6.07) is 8.66. The van der Waals surface area contributed by atoms with Crippen molar-refractivity contribution in [2.24, 2.45) is 5.92 Å². The van der Waals surface area contributed by atoms with Crippen molar-refractivity contribution in [3.05, 3.63) is 47.7 Å². The molecule has 172 valence electrons. The Kier molecular flexibility index (Phi) is 7.48. The molecule has 1 aliphatic heterocycles. The highest BCUT2D eigenvalue weighted by Gasteiger charge is 2.33. The van der Waals surface area contributed by atoms with Crippen molar-refractivity contribution in [2.45, 2.75) is 26.0 Å². The van der Waals surface area contributed by atoms with Crippen LogP contribution in [0.5, 0.6) is 5.88 Å². The molecule has 3 atom stereocenters. The van der Waals surface area contributed by atoms with Crippen molar-refractivity contribution < 1.29 is 19.4 Å². The molecule has 2 heterocycles. The normalized spacial score (nSPS) is 19.4. The monoisotopic (exact) mass is 440 g/mol. The summed E-state index contributed by atoms with van der Waals surface area (Å²) in [5.41, 5.74) is 2.40. The van der Waals surface area contributed by atoms with E-state index in [1.54, 1.807) is 43.4 Å². The van der Waals surface area contributed by atoms with E-state index in [-0.39, 0.29) is 42.4 Å². The van der Waals surface area contributed by atoms with Crippen molar-refractivity contribution in [3.63, 3.8) is 0 Å². The molecule has 0 saturated carbocycles. The van der Waals surface area contributed by atoms with Crippen molar-refractivity contribution in [1.29, 1.82) is 0 Å². The fraction of sp³-hybridized carbons (Fsp3) is 0.458.